The van der Waals surface area contributed by atoms with Crippen molar-refractivity contribution in [1.82, 2.24) is 4.90 Å². The summed E-state index contributed by atoms with van der Waals surface area (Å²) in [4.78, 5) is 27.7. The zero-order chi connectivity index (χ0) is 19.5. The summed E-state index contributed by atoms with van der Waals surface area (Å²) in [7, 11) is 1.56. The van der Waals surface area contributed by atoms with E-state index < -0.39 is 0 Å². The first-order chi connectivity index (χ1) is 13.7. The molecular weight excluding hydrogens is 356 g/mol. The Morgan fingerprint density at radius 1 is 1.18 bits per heavy atom. The van der Waals surface area contributed by atoms with E-state index in [0.29, 0.717) is 34.9 Å². The van der Waals surface area contributed by atoms with Crippen molar-refractivity contribution in [3.8, 4) is 11.5 Å². The molecule has 6 nitrogen and oxygen atoms in total. The molecule has 146 valence electrons. The molecule has 2 heterocycles. The van der Waals surface area contributed by atoms with Gasteiger partial charge in [0.15, 0.2) is 0 Å². The number of methoxy groups -OCH3 is 1. The number of ether oxygens (including phenoxy) is 2. The van der Waals surface area contributed by atoms with Gasteiger partial charge < -0.3 is 19.7 Å². The van der Waals surface area contributed by atoms with Crippen molar-refractivity contribution >= 4 is 17.5 Å². The van der Waals surface area contributed by atoms with Crippen molar-refractivity contribution in [3.63, 3.8) is 0 Å². The molecule has 4 rings (SSSR count). The van der Waals surface area contributed by atoms with Crippen molar-refractivity contribution < 1.29 is 19.1 Å². The molecule has 28 heavy (non-hydrogen) atoms. The van der Waals surface area contributed by atoms with E-state index in [-0.39, 0.29) is 17.9 Å². The van der Waals surface area contributed by atoms with Crippen LogP contribution in [0.2, 0.25) is 0 Å². The molecule has 2 aliphatic heterocycles. The first kappa shape index (κ1) is 18.3. The lowest BCUT2D eigenvalue weighted by Crippen LogP contribution is -2.45. The number of nitrogens with zero attached hydrogens (tertiary/aromatic N) is 1. The summed E-state index contributed by atoms with van der Waals surface area (Å²) in [5.41, 5.74) is 1.57. The van der Waals surface area contributed by atoms with E-state index in [4.69, 9.17) is 9.47 Å². The number of hydrogen-bond donors (Lipinski definition) is 1. The Labute approximate surface area is 164 Å². The molecule has 0 spiro atoms. The average Bonchev–Trinajstić information content (AvgIpc) is 2.73. The fourth-order valence-electron chi connectivity index (χ4n) is 3.90. The first-order valence-electron chi connectivity index (χ1n) is 9.69. The second kappa shape index (κ2) is 7.92. The highest BCUT2D eigenvalue weighted by molar-refractivity contribution is 6.05. The van der Waals surface area contributed by atoms with Crippen LogP contribution < -0.4 is 14.8 Å². The Morgan fingerprint density at radius 2 is 2.07 bits per heavy atom. The maximum atomic E-state index is 13.1. The van der Waals surface area contributed by atoms with Crippen LogP contribution >= 0.6 is 0 Å². The maximum Gasteiger partial charge on any atom is 0.257 e. The van der Waals surface area contributed by atoms with Gasteiger partial charge in [-0.25, -0.2) is 0 Å². The van der Waals surface area contributed by atoms with E-state index in [1.807, 2.05) is 4.90 Å². The quantitative estimate of drug-likeness (QED) is 0.881. The molecule has 2 aliphatic rings. The van der Waals surface area contributed by atoms with Crippen LogP contribution in [-0.2, 0) is 0 Å². The van der Waals surface area contributed by atoms with E-state index in [1.165, 1.54) is 0 Å². The monoisotopic (exact) mass is 380 g/mol. The molecule has 1 N–H and O–H groups in total. The molecule has 6 heteroatoms. The lowest BCUT2D eigenvalue weighted by Gasteiger charge is -2.37. The minimum Gasteiger partial charge on any atom is -0.497 e. The van der Waals surface area contributed by atoms with E-state index in [1.54, 1.807) is 49.6 Å². The van der Waals surface area contributed by atoms with Gasteiger partial charge in [-0.2, -0.15) is 0 Å². The third-order valence-corrected chi connectivity index (χ3v) is 5.40. The molecular formula is C22H24N2O4. The lowest BCUT2D eigenvalue weighted by molar-refractivity contribution is 0.0548. The van der Waals surface area contributed by atoms with E-state index in [2.05, 4.69) is 5.32 Å². The smallest absolute Gasteiger partial charge is 0.257 e. The Bertz CT molecular complexity index is 896. The number of carbonyl (C=O) groups excluding carboxylic acids is 2. The SMILES string of the molecule is COc1cccc(C(=O)Nc2ccc3c(c2)C(=O)N2CCCCC2CCO3)c1. The van der Waals surface area contributed by atoms with E-state index >= 15 is 0 Å². The summed E-state index contributed by atoms with van der Waals surface area (Å²) in [6, 6.07) is 12.4. The number of anilines is 1. The molecule has 0 aliphatic carbocycles. The lowest BCUT2D eigenvalue weighted by atomic mass is 9.97. The van der Waals surface area contributed by atoms with Crippen LogP contribution in [0.4, 0.5) is 5.69 Å². The van der Waals surface area contributed by atoms with Gasteiger partial charge in [-0.1, -0.05) is 6.07 Å². The second-order valence-corrected chi connectivity index (χ2v) is 7.18. The van der Waals surface area contributed by atoms with Crippen LogP contribution in [0.1, 0.15) is 46.4 Å². The van der Waals surface area contributed by atoms with Gasteiger partial charge in [0.1, 0.15) is 11.5 Å². The van der Waals surface area contributed by atoms with Crippen LogP contribution in [-0.4, -0.2) is 43.0 Å². The highest BCUT2D eigenvalue weighted by Gasteiger charge is 2.31. The zero-order valence-electron chi connectivity index (χ0n) is 15.9. The first-order valence-corrected chi connectivity index (χ1v) is 9.69. The Balaban J connectivity index is 1.58. The molecule has 0 aromatic heterocycles. The maximum absolute atomic E-state index is 13.1. The highest BCUT2D eigenvalue weighted by atomic mass is 16.5. The number of carbonyl (C=O) groups is 2. The zero-order valence-corrected chi connectivity index (χ0v) is 15.9. The third kappa shape index (κ3) is 3.67. The predicted molar refractivity (Wildman–Crippen MR) is 106 cm³/mol. The minimum absolute atomic E-state index is 0.0168. The number of nitrogens with one attached hydrogen (secondary N) is 1. The van der Waals surface area contributed by atoms with Gasteiger partial charge in [-0.05, 0) is 55.7 Å². The molecule has 2 amide bonds. The second-order valence-electron chi connectivity index (χ2n) is 7.18. The number of piperidine rings is 1. The molecule has 0 saturated carbocycles. The standard InChI is InChI=1S/C22H24N2O4/c1-27-18-7-4-5-15(13-18)21(25)23-16-8-9-20-19(14-16)22(26)24-11-3-2-6-17(24)10-12-28-20/h4-5,7-9,13-14,17H,2-3,6,10-12H2,1H3,(H,23,25). The van der Waals surface area contributed by atoms with Gasteiger partial charge >= 0.3 is 0 Å². The Hall–Kier alpha value is -3.02. The average molecular weight is 380 g/mol. The summed E-state index contributed by atoms with van der Waals surface area (Å²) >= 11 is 0. The molecule has 1 atom stereocenters. The Morgan fingerprint density at radius 3 is 2.93 bits per heavy atom. The van der Waals surface area contributed by atoms with Crippen molar-refractivity contribution in [2.45, 2.75) is 31.7 Å². The van der Waals surface area contributed by atoms with Gasteiger partial charge in [-0.15, -0.1) is 0 Å². The van der Waals surface area contributed by atoms with Gasteiger partial charge in [0.25, 0.3) is 11.8 Å². The number of benzene rings is 2. The summed E-state index contributed by atoms with van der Waals surface area (Å²) in [6.45, 7) is 1.38. The fraction of sp³-hybridized carbons (Fsp3) is 0.364. The van der Waals surface area contributed by atoms with E-state index in [0.717, 1.165) is 32.2 Å². The summed E-state index contributed by atoms with van der Waals surface area (Å²) < 4.78 is 11.0. The van der Waals surface area contributed by atoms with Gasteiger partial charge in [-0.3, -0.25) is 9.59 Å². The van der Waals surface area contributed by atoms with Crippen molar-refractivity contribution in [3.05, 3.63) is 53.6 Å². The number of rotatable bonds is 3. The topological polar surface area (TPSA) is 67.9 Å². The molecule has 0 bridgehead atoms. The van der Waals surface area contributed by atoms with Gasteiger partial charge in [0.2, 0.25) is 0 Å². The predicted octanol–water partition coefficient (Wildman–Crippen LogP) is 3.72. The molecule has 1 unspecified atom stereocenters. The molecule has 0 radical (unpaired) electrons. The van der Waals surface area contributed by atoms with Crippen LogP contribution in [0.25, 0.3) is 0 Å². The Kier molecular flexibility index (Phi) is 5.19. The number of fused-ring (bicyclic) bond motifs is 2. The van der Waals surface area contributed by atoms with Gasteiger partial charge in [0, 0.05) is 30.3 Å². The summed E-state index contributed by atoms with van der Waals surface area (Å²) in [6.07, 6.45) is 4.07. The summed E-state index contributed by atoms with van der Waals surface area (Å²) in [5.74, 6) is 0.921. The van der Waals surface area contributed by atoms with Gasteiger partial charge in [0.05, 0.1) is 19.3 Å². The van der Waals surface area contributed by atoms with Crippen molar-refractivity contribution in [2.75, 3.05) is 25.6 Å². The molecule has 1 fully saturated rings. The van der Waals surface area contributed by atoms with Crippen LogP contribution in [0, 0.1) is 0 Å². The van der Waals surface area contributed by atoms with Crippen molar-refractivity contribution in [1.29, 1.82) is 0 Å². The number of hydrogen-bond acceptors (Lipinski definition) is 4. The van der Waals surface area contributed by atoms with Crippen LogP contribution in [0.15, 0.2) is 42.5 Å². The fourth-order valence-corrected chi connectivity index (χ4v) is 3.90. The summed E-state index contributed by atoms with van der Waals surface area (Å²) in [5, 5.41) is 2.87. The van der Waals surface area contributed by atoms with Crippen molar-refractivity contribution in [2.24, 2.45) is 0 Å². The minimum atomic E-state index is -0.256. The largest absolute Gasteiger partial charge is 0.497 e. The third-order valence-electron chi connectivity index (χ3n) is 5.40. The van der Waals surface area contributed by atoms with E-state index in [9.17, 15) is 9.59 Å². The molecule has 2 aromatic carbocycles. The normalized spacial score (nSPS) is 18.8. The van der Waals surface area contributed by atoms with Crippen LogP contribution in [0.5, 0.6) is 11.5 Å². The molecule has 1 saturated heterocycles. The number of amides is 2. The van der Waals surface area contributed by atoms with Crippen LogP contribution in [0.3, 0.4) is 0 Å². The highest BCUT2D eigenvalue weighted by Crippen LogP contribution is 2.31. The molecule has 2 aromatic rings.